The van der Waals surface area contributed by atoms with E-state index in [-0.39, 0.29) is 5.78 Å². The lowest BCUT2D eigenvalue weighted by atomic mass is 10.2. The molecule has 21 heavy (non-hydrogen) atoms. The van der Waals surface area contributed by atoms with Gasteiger partial charge in [0, 0.05) is 27.9 Å². The van der Waals surface area contributed by atoms with Crippen molar-refractivity contribution in [2.75, 3.05) is 5.75 Å². The van der Waals surface area contributed by atoms with E-state index in [9.17, 15) is 4.79 Å². The molecule has 110 valence electrons. The van der Waals surface area contributed by atoms with Crippen LogP contribution >= 0.6 is 11.8 Å². The lowest BCUT2D eigenvalue weighted by molar-refractivity contribution is 0.102. The first-order valence-corrected chi connectivity index (χ1v) is 8.46. The molecular weight excluding hydrogens is 278 g/mol. The van der Waals surface area contributed by atoms with Gasteiger partial charge >= 0.3 is 0 Å². The molecule has 0 amide bonds. The van der Waals surface area contributed by atoms with Gasteiger partial charge in [-0.1, -0.05) is 18.2 Å². The Bertz CT molecular complexity index is 683. The minimum Gasteiger partial charge on any atom is -0.345 e. The predicted octanol–water partition coefficient (Wildman–Crippen LogP) is 4.72. The summed E-state index contributed by atoms with van der Waals surface area (Å²) in [4.78, 5) is 13.7. The molecule has 1 aliphatic carbocycles. The standard InChI is InChI=1S/C18H21NOS/c1-12-6-4-5-7-18(12)21-11-17(20)16-10-13(2)19(14(16)3)15-8-9-15/h4-7,10,15H,8-9,11H2,1-3H3. The number of aromatic nitrogens is 1. The second-order valence-electron chi connectivity index (χ2n) is 5.86. The van der Waals surface area contributed by atoms with Crippen LogP contribution in [-0.4, -0.2) is 16.1 Å². The van der Waals surface area contributed by atoms with Crippen LogP contribution in [0.2, 0.25) is 0 Å². The molecule has 2 aromatic rings. The maximum Gasteiger partial charge on any atom is 0.174 e. The van der Waals surface area contributed by atoms with E-state index in [0.717, 1.165) is 11.3 Å². The van der Waals surface area contributed by atoms with Crippen LogP contribution in [0.4, 0.5) is 0 Å². The molecule has 0 bridgehead atoms. The molecule has 1 heterocycles. The van der Waals surface area contributed by atoms with Crippen molar-refractivity contribution >= 4 is 17.5 Å². The highest BCUT2D eigenvalue weighted by atomic mass is 32.2. The smallest absolute Gasteiger partial charge is 0.174 e. The van der Waals surface area contributed by atoms with Crippen molar-refractivity contribution in [2.24, 2.45) is 0 Å². The minimum atomic E-state index is 0.239. The van der Waals surface area contributed by atoms with Gasteiger partial charge in [0.2, 0.25) is 0 Å². The highest BCUT2D eigenvalue weighted by Gasteiger charge is 2.28. The summed E-state index contributed by atoms with van der Waals surface area (Å²) in [5.74, 6) is 0.753. The van der Waals surface area contributed by atoms with Gasteiger partial charge in [-0.3, -0.25) is 4.79 Å². The molecule has 3 heteroatoms. The lowest BCUT2D eigenvalue weighted by Crippen LogP contribution is -2.05. The maximum absolute atomic E-state index is 12.5. The number of benzene rings is 1. The van der Waals surface area contributed by atoms with E-state index in [1.165, 1.54) is 29.0 Å². The largest absolute Gasteiger partial charge is 0.345 e. The number of aryl methyl sites for hydroxylation is 2. The van der Waals surface area contributed by atoms with Gasteiger partial charge in [-0.05, 0) is 51.3 Å². The maximum atomic E-state index is 12.5. The molecular formula is C18H21NOS. The number of carbonyl (C=O) groups is 1. The normalized spacial score (nSPS) is 14.4. The van der Waals surface area contributed by atoms with Crippen molar-refractivity contribution in [3.05, 3.63) is 52.8 Å². The quantitative estimate of drug-likeness (QED) is 0.588. The molecule has 0 spiro atoms. The second kappa shape index (κ2) is 5.72. The molecule has 0 aliphatic heterocycles. The van der Waals surface area contributed by atoms with Gasteiger partial charge in [0.05, 0.1) is 5.75 Å². The van der Waals surface area contributed by atoms with Gasteiger partial charge in [0.1, 0.15) is 0 Å². The summed E-state index contributed by atoms with van der Waals surface area (Å²) >= 11 is 1.64. The van der Waals surface area contributed by atoms with E-state index in [1.54, 1.807) is 11.8 Å². The number of carbonyl (C=O) groups excluding carboxylic acids is 1. The van der Waals surface area contributed by atoms with Gasteiger partial charge in [-0.25, -0.2) is 0 Å². The average molecular weight is 299 g/mol. The summed E-state index contributed by atoms with van der Waals surface area (Å²) in [6.07, 6.45) is 2.50. The third-order valence-corrected chi connectivity index (χ3v) is 5.32. The molecule has 0 atom stereocenters. The summed E-state index contributed by atoms with van der Waals surface area (Å²) in [6.45, 7) is 6.28. The minimum absolute atomic E-state index is 0.239. The van der Waals surface area contributed by atoms with Crippen LogP contribution in [0, 0.1) is 20.8 Å². The Balaban J connectivity index is 1.74. The zero-order valence-electron chi connectivity index (χ0n) is 12.8. The topological polar surface area (TPSA) is 22.0 Å². The van der Waals surface area contributed by atoms with Crippen LogP contribution in [0.5, 0.6) is 0 Å². The van der Waals surface area contributed by atoms with Crippen molar-refractivity contribution < 1.29 is 4.79 Å². The molecule has 1 fully saturated rings. The van der Waals surface area contributed by atoms with Crippen molar-refractivity contribution in [3.63, 3.8) is 0 Å². The molecule has 3 rings (SSSR count). The molecule has 0 radical (unpaired) electrons. The van der Waals surface area contributed by atoms with Crippen LogP contribution in [0.15, 0.2) is 35.2 Å². The lowest BCUT2D eigenvalue weighted by Gasteiger charge is -2.08. The summed E-state index contributed by atoms with van der Waals surface area (Å²) < 4.78 is 2.34. The number of nitrogens with zero attached hydrogens (tertiary/aromatic N) is 1. The van der Waals surface area contributed by atoms with Gasteiger partial charge < -0.3 is 4.57 Å². The number of hydrogen-bond donors (Lipinski definition) is 0. The van der Waals surface area contributed by atoms with Crippen LogP contribution in [-0.2, 0) is 0 Å². The van der Waals surface area contributed by atoms with E-state index >= 15 is 0 Å². The van der Waals surface area contributed by atoms with Crippen molar-refractivity contribution in [2.45, 2.75) is 44.6 Å². The Morgan fingerprint density at radius 2 is 1.95 bits per heavy atom. The van der Waals surface area contributed by atoms with Gasteiger partial charge in [0.15, 0.2) is 5.78 Å². The first-order chi connectivity index (χ1) is 10.1. The third kappa shape index (κ3) is 2.93. The van der Waals surface area contributed by atoms with E-state index in [1.807, 2.05) is 12.1 Å². The molecule has 0 saturated heterocycles. The molecule has 0 unspecified atom stereocenters. The van der Waals surface area contributed by atoms with E-state index < -0.39 is 0 Å². The fourth-order valence-electron chi connectivity index (χ4n) is 2.89. The molecule has 1 aliphatic rings. The molecule has 2 nitrogen and oxygen atoms in total. The van der Waals surface area contributed by atoms with Crippen molar-refractivity contribution in [1.29, 1.82) is 0 Å². The van der Waals surface area contributed by atoms with Gasteiger partial charge in [-0.15, -0.1) is 11.8 Å². The Labute approximate surface area is 130 Å². The molecule has 1 saturated carbocycles. The number of rotatable bonds is 5. The Morgan fingerprint density at radius 3 is 2.62 bits per heavy atom. The summed E-state index contributed by atoms with van der Waals surface area (Å²) in [7, 11) is 0. The molecule has 1 aromatic carbocycles. The number of thioether (sulfide) groups is 1. The Kier molecular flexibility index (Phi) is 3.94. The second-order valence-corrected chi connectivity index (χ2v) is 6.88. The zero-order chi connectivity index (χ0) is 15.0. The SMILES string of the molecule is Cc1ccccc1SCC(=O)c1cc(C)n(C2CC2)c1C. The number of hydrogen-bond acceptors (Lipinski definition) is 2. The van der Waals surface area contributed by atoms with Crippen LogP contribution in [0.25, 0.3) is 0 Å². The van der Waals surface area contributed by atoms with Gasteiger partial charge in [0.25, 0.3) is 0 Å². The average Bonchev–Trinajstić information content (AvgIpc) is 3.24. The van der Waals surface area contributed by atoms with Crippen molar-refractivity contribution in [1.82, 2.24) is 4.57 Å². The van der Waals surface area contributed by atoms with E-state index in [2.05, 4.69) is 43.5 Å². The molecule has 1 aromatic heterocycles. The Morgan fingerprint density at radius 1 is 1.24 bits per heavy atom. The highest BCUT2D eigenvalue weighted by molar-refractivity contribution is 8.00. The predicted molar refractivity (Wildman–Crippen MR) is 88.4 cm³/mol. The zero-order valence-corrected chi connectivity index (χ0v) is 13.7. The number of Topliss-reactive ketones (excluding diaryl/α,β-unsaturated/α-hetero) is 1. The number of ketones is 1. The van der Waals surface area contributed by atoms with Gasteiger partial charge in [-0.2, -0.15) is 0 Å². The fraction of sp³-hybridized carbons (Fsp3) is 0.389. The van der Waals surface area contributed by atoms with Crippen LogP contribution in [0.3, 0.4) is 0 Å². The first-order valence-electron chi connectivity index (χ1n) is 7.48. The van der Waals surface area contributed by atoms with E-state index in [0.29, 0.717) is 11.8 Å². The fourth-order valence-corrected chi connectivity index (χ4v) is 3.81. The summed E-state index contributed by atoms with van der Waals surface area (Å²) in [5, 5.41) is 0. The van der Waals surface area contributed by atoms with Crippen molar-refractivity contribution in [3.8, 4) is 0 Å². The summed E-state index contributed by atoms with van der Waals surface area (Å²) in [5.41, 5.74) is 4.50. The van der Waals surface area contributed by atoms with Crippen LogP contribution < -0.4 is 0 Å². The van der Waals surface area contributed by atoms with E-state index in [4.69, 9.17) is 0 Å². The van der Waals surface area contributed by atoms with Crippen LogP contribution in [0.1, 0.15) is 46.2 Å². The highest BCUT2D eigenvalue weighted by Crippen LogP contribution is 2.38. The third-order valence-electron chi connectivity index (χ3n) is 4.15. The first kappa shape index (κ1) is 14.5. The summed E-state index contributed by atoms with van der Waals surface area (Å²) in [6, 6.07) is 10.9. The monoisotopic (exact) mass is 299 g/mol. The Hall–Kier alpha value is -1.48. The molecule has 0 N–H and O–H groups in total.